The van der Waals surface area contributed by atoms with Gasteiger partial charge >= 0.3 is 0 Å². The summed E-state index contributed by atoms with van der Waals surface area (Å²) in [4.78, 5) is 28.6. The highest BCUT2D eigenvalue weighted by Crippen LogP contribution is 2.37. The fraction of sp³-hybridized carbons (Fsp3) is 0.375. The van der Waals surface area contributed by atoms with Crippen molar-refractivity contribution in [3.05, 3.63) is 71.2 Å². The molecule has 2 amide bonds. The summed E-state index contributed by atoms with van der Waals surface area (Å²) in [7, 11) is 1.20. The summed E-state index contributed by atoms with van der Waals surface area (Å²) in [5.41, 5.74) is 0.715. The molecule has 11 nitrogen and oxygen atoms in total. The number of sulfonamides is 1. The number of halogens is 1. The van der Waals surface area contributed by atoms with Gasteiger partial charge in [0.25, 0.3) is 10.0 Å². The first-order chi connectivity index (χ1) is 21.4. The van der Waals surface area contributed by atoms with Crippen molar-refractivity contribution in [1.29, 1.82) is 0 Å². The molecule has 1 atom stereocenters. The largest absolute Gasteiger partial charge is 0.497 e. The first-order valence-corrected chi connectivity index (χ1v) is 16.0. The van der Waals surface area contributed by atoms with Crippen LogP contribution in [0.25, 0.3) is 0 Å². The first-order valence-electron chi connectivity index (χ1n) is 14.1. The Morgan fingerprint density at radius 2 is 1.51 bits per heavy atom. The average Bonchev–Trinajstić information content (AvgIpc) is 3.03. The number of carbonyl (C=O) groups excluding carboxylic acids is 2. The maximum atomic E-state index is 14.4. The Hall–Kier alpha value is -4.16. The van der Waals surface area contributed by atoms with Crippen LogP contribution in [-0.2, 0) is 26.2 Å². The SMILES string of the molecule is COc1ccc(OC)c(N(CC(=O)N(Cc2cccc(Cl)c2)[C@H](C)C(=O)NCC(C)C)S(=O)(=O)c2ccc(OC)c(OC)c2)c1. The number of methoxy groups -OCH3 is 4. The molecular formula is C32H40ClN3O8S. The predicted molar refractivity (Wildman–Crippen MR) is 173 cm³/mol. The molecule has 45 heavy (non-hydrogen) atoms. The summed E-state index contributed by atoms with van der Waals surface area (Å²) in [6.07, 6.45) is 0. The van der Waals surface area contributed by atoms with Gasteiger partial charge in [0.15, 0.2) is 11.5 Å². The van der Waals surface area contributed by atoms with Gasteiger partial charge in [0.2, 0.25) is 11.8 Å². The molecule has 0 fully saturated rings. The molecule has 244 valence electrons. The Morgan fingerprint density at radius 1 is 0.844 bits per heavy atom. The quantitative estimate of drug-likeness (QED) is 0.247. The van der Waals surface area contributed by atoms with Crippen molar-refractivity contribution in [2.45, 2.75) is 38.3 Å². The zero-order valence-corrected chi connectivity index (χ0v) is 28.1. The number of nitrogens with zero attached hydrogens (tertiary/aromatic N) is 2. The highest BCUT2D eigenvalue weighted by atomic mass is 35.5. The fourth-order valence-corrected chi connectivity index (χ4v) is 6.12. The van der Waals surface area contributed by atoms with E-state index in [1.807, 2.05) is 13.8 Å². The van der Waals surface area contributed by atoms with Crippen LogP contribution in [0.4, 0.5) is 5.69 Å². The van der Waals surface area contributed by atoms with Crippen molar-refractivity contribution in [2.24, 2.45) is 5.92 Å². The number of nitrogens with one attached hydrogen (secondary N) is 1. The van der Waals surface area contributed by atoms with Crippen LogP contribution >= 0.6 is 11.6 Å². The molecule has 1 N–H and O–H groups in total. The maximum Gasteiger partial charge on any atom is 0.265 e. The minimum absolute atomic E-state index is 0.00481. The van der Waals surface area contributed by atoms with E-state index in [1.54, 1.807) is 43.3 Å². The lowest BCUT2D eigenvalue weighted by Crippen LogP contribution is -2.51. The summed E-state index contributed by atoms with van der Waals surface area (Å²) < 4.78 is 51.2. The second kappa shape index (κ2) is 15.7. The number of rotatable bonds is 15. The van der Waals surface area contributed by atoms with Gasteiger partial charge in [-0.05, 0) is 54.8 Å². The van der Waals surface area contributed by atoms with E-state index >= 15 is 0 Å². The van der Waals surface area contributed by atoms with Crippen LogP contribution in [-0.4, -0.2) is 72.7 Å². The number of amides is 2. The monoisotopic (exact) mass is 661 g/mol. The Labute approximate surface area is 270 Å². The molecule has 3 rings (SSSR count). The molecule has 13 heteroatoms. The smallest absolute Gasteiger partial charge is 0.265 e. The second-order valence-electron chi connectivity index (χ2n) is 10.5. The van der Waals surface area contributed by atoms with Crippen LogP contribution in [0.1, 0.15) is 26.3 Å². The highest BCUT2D eigenvalue weighted by Gasteiger charge is 2.34. The number of ether oxygens (including phenoxy) is 4. The van der Waals surface area contributed by atoms with Gasteiger partial charge in [0, 0.05) is 30.2 Å². The number of hydrogen-bond acceptors (Lipinski definition) is 8. The van der Waals surface area contributed by atoms with Crippen molar-refractivity contribution in [1.82, 2.24) is 10.2 Å². The van der Waals surface area contributed by atoms with Crippen LogP contribution in [0.3, 0.4) is 0 Å². The first kappa shape index (κ1) is 35.3. The lowest BCUT2D eigenvalue weighted by Gasteiger charge is -2.32. The molecule has 0 aliphatic heterocycles. The lowest BCUT2D eigenvalue weighted by atomic mass is 10.1. The van der Waals surface area contributed by atoms with Gasteiger partial charge < -0.3 is 29.2 Å². The Kier molecular flexibility index (Phi) is 12.3. The van der Waals surface area contributed by atoms with Crippen molar-refractivity contribution in [2.75, 3.05) is 45.8 Å². The Balaban J connectivity index is 2.16. The zero-order chi connectivity index (χ0) is 33.3. The summed E-state index contributed by atoms with van der Waals surface area (Å²) >= 11 is 6.22. The van der Waals surface area contributed by atoms with Crippen molar-refractivity contribution < 1.29 is 37.0 Å². The van der Waals surface area contributed by atoms with E-state index < -0.39 is 28.5 Å². The number of benzene rings is 3. The third-order valence-corrected chi connectivity index (χ3v) is 8.96. The normalized spacial score (nSPS) is 11.8. The highest BCUT2D eigenvalue weighted by molar-refractivity contribution is 7.92. The third kappa shape index (κ3) is 8.73. The van der Waals surface area contributed by atoms with E-state index in [0.717, 1.165) is 4.31 Å². The Morgan fingerprint density at radius 3 is 2.11 bits per heavy atom. The molecule has 0 heterocycles. The lowest BCUT2D eigenvalue weighted by molar-refractivity contribution is -0.139. The summed E-state index contributed by atoms with van der Waals surface area (Å²) in [5, 5.41) is 3.31. The van der Waals surface area contributed by atoms with Crippen molar-refractivity contribution >= 4 is 39.1 Å². The van der Waals surface area contributed by atoms with E-state index in [4.69, 9.17) is 30.5 Å². The maximum absolute atomic E-state index is 14.4. The van der Waals surface area contributed by atoms with E-state index in [0.29, 0.717) is 28.6 Å². The molecule has 3 aromatic rings. The molecule has 0 aliphatic rings. The average molecular weight is 662 g/mol. The van der Waals surface area contributed by atoms with Gasteiger partial charge in [0.05, 0.1) is 39.0 Å². The van der Waals surface area contributed by atoms with Crippen LogP contribution in [0.2, 0.25) is 5.02 Å². The van der Waals surface area contributed by atoms with E-state index in [1.165, 1.54) is 57.6 Å². The van der Waals surface area contributed by atoms with Crippen molar-refractivity contribution in [3.8, 4) is 23.0 Å². The van der Waals surface area contributed by atoms with Gasteiger partial charge in [0.1, 0.15) is 24.1 Å². The summed E-state index contributed by atoms with van der Waals surface area (Å²) in [6, 6.07) is 14.7. The molecule has 0 radical (unpaired) electrons. The van der Waals surface area contributed by atoms with Gasteiger partial charge in [-0.15, -0.1) is 0 Å². The van der Waals surface area contributed by atoms with Crippen LogP contribution in [0, 0.1) is 5.92 Å². The molecule has 0 bridgehead atoms. The molecule has 0 aliphatic carbocycles. The minimum Gasteiger partial charge on any atom is -0.497 e. The van der Waals surface area contributed by atoms with Crippen molar-refractivity contribution in [3.63, 3.8) is 0 Å². The topological polar surface area (TPSA) is 124 Å². The number of anilines is 1. The zero-order valence-electron chi connectivity index (χ0n) is 26.5. The van der Waals surface area contributed by atoms with Gasteiger partial charge in [-0.2, -0.15) is 0 Å². The van der Waals surface area contributed by atoms with Gasteiger partial charge in [-0.1, -0.05) is 37.6 Å². The molecule has 0 aromatic heterocycles. The molecule has 0 unspecified atom stereocenters. The summed E-state index contributed by atoms with van der Waals surface area (Å²) in [6.45, 7) is 5.23. The second-order valence-corrected chi connectivity index (χ2v) is 12.8. The Bertz CT molecular complexity index is 1600. The number of hydrogen-bond donors (Lipinski definition) is 1. The van der Waals surface area contributed by atoms with E-state index in [9.17, 15) is 18.0 Å². The fourth-order valence-electron chi connectivity index (χ4n) is 4.48. The van der Waals surface area contributed by atoms with Gasteiger partial charge in [-0.25, -0.2) is 8.42 Å². The van der Waals surface area contributed by atoms with E-state index in [2.05, 4.69) is 5.32 Å². The molecular weight excluding hydrogens is 622 g/mol. The molecule has 0 saturated carbocycles. The number of carbonyl (C=O) groups is 2. The van der Waals surface area contributed by atoms with Crippen LogP contribution in [0.15, 0.2) is 65.6 Å². The predicted octanol–water partition coefficient (Wildman–Crippen LogP) is 4.76. The summed E-state index contributed by atoms with van der Waals surface area (Å²) in [5.74, 6) is 0.177. The third-order valence-electron chi connectivity index (χ3n) is 6.97. The molecule has 3 aromatic carbocycles. The molecule has 0 saturated heterocycles. The van der Waals surface area contributed by atoms with E-state index in [-0.39, 0.29) is 40.5 Å². The minimum atomic E-state index is -4.45. The standard InChI is InChI=1S/C32H40ClN3O8S/c1-21(2)18-34-32(38)22(3)35(19-23-9-8-10-24(33)15-23)31(37)20-36(27-16-25(41-4)11-13-28(27)42-5)45(39,40)26-12-14-29(43-6)30(17-26)44-7/h8-17,21-22H,18-20H2,1-7H3,(H,34,38)/t22-/m1/s1. The van der Waals surface area contributed by atoms with Gasteiger partial charge in [-0.3, -0.25) is 13.9 Å². The molecule has 0 spiro atoms. The van der Waals surface area contributed by atoms with Crippen LogP contribution < -0.4 is 28.6 Å². The van der Waals surface area contributed by atoms with Crippen LogP contribution in [0.5, 0.6) is 23.0 Å².